The Morgan fingerprint density at radius 2 is 1.46 bits per heavy atom. The van der Waals surface area contributed by atoms with E-state index in [4.69, 9.17) is 11.6 Å². The average Bonchev–Trinajstić information content (AvgIpc) is 2.53. The SMILES string of the molecule is Cc1cc(NS(=O)(=O)c2cc3[nH]c(=O)c(=O)[nH]c3cc2Cl)cc(C)c1Br. The maximum atomic E-state index is 12.8. The summed E-state index contributed by atoms with van der Waals surface area (Å²) in [7, 11) is -4.02. The number of aryl methyl sites for hydroxylation is 2. The zero-order valence-corrected chi connectivity index (χ0v) is 16.8. The van der Waals surface area contributed by atoms with Gasteiger partial charge in [0.15, 0.2) is 0 Å². The fourth-order valence-corrected chi connectivity index (χ4v) is 4.36. The second-order valence-corrected chi connectivity index (χ2v) is 8.62. The molecule has 0 bridgehead atoms. The summed E-state index contributed by atoms with van der Waals surface area (Å²) in [6.07, 6.45) is 0. The maximum Gasteiger partial charge on any atom is 0.314 e. The molecule has 2 aromatic carbocycles. The van der Waals surface area contributed by atoms with E-state index in [-0.39, 0.29) is 21.0 Å². The molecule has 0 amide bonds. The van der Waals surface area contributed by atoms with Gasteiger partial charge < -0.3 is 9.97 Å². The van der Waals surface area contributed by atoms with Crippen LogP contribution in [0.4, 0.5) is 5.69 Å². The van der Waals surface area contributed by atoms with Crippen LogP contribution in [0.25, 0.3) is 11.0 Å². The van der Waals surface area contributed by atoms with E-state index >= 15 is 0 Å². The normalized spacial score (nSPS) is 11.7. The predicted molar refractivity (Wildman–Crippen MR) is 105 cm³/mol. The minimum atomic E-state index is -4.02. The first-order chi connectivity index (χ1) is 12.1. The molecule has 0 radical (unpaired) electrons. The highest BCUT2D eigenvalue weighted by Crippen LogP contribution is 2.29. The van der Waals surface area contributed by atoms with Crippen LogP contribution in [0.5, 0.6) is 0 Å². The lowest BCUT2D eigenvalue weighted by atomic mass is 10.1. The molecule has 0 saturated carbocycles. The fraction of sp³-hybridized carbons (Fsp3) is 0.125. The van der Waals surface area contributed by atoms with Crippen molar-refractivity contribution in [2.45, 2.75) is 18.7 Å². The van der Waals surface area contributed by atoms with Crippen molar-refractivity contribution in [3.8, 4) is 0 Å². The fourth-order valence-electron chi connectivity index (χ4n) is 2.54. The van der Waals surface area contributed by atoms with Gasteiger partial charge in [-0.1, -0.05) is 27.5 Å². The van der Waals surface area contributed by atoms with Crippen molar-refractivity contribution in [1.29, 1.82) is 0 Å². The van der Waals surface area contributed by atoms with E-state index in [1.807, 2.05) is 13.8 Å². The number of sulfonamides is 1. The Morgan fingerprint density at radius 1 is 0.962 bits per heavy atom. The molecular weight excluding hydrogens is 446 g/mol. The number of nitrogens with one attached hydrogen (secondary N) is 3. The van der Waals surface area contributed by atoms with Gasteiger partial charge in [-0.3, -0.25) is 14.3 Å². The monoisotopic (exact) mass is 457 g/mol. The van der Waals surface area contributed by atoms with Crippen molar-refractivity contribution >= 4 is 54.3 Å². The molecule has 3 rings (SSSR count). The largest absolute Gasteiger partial charge is 0.316 e. The predicted octanol–water partition coefficient (Wildman–Crippen LogP) is 3.05. The topological polar surface area (TPSA) is 112 Å². The van der Waals surface area contributed by atoms with Gasteiger partial charge in [0.1, 0.15) is 4.90 Å². The molecule has 1 aromatic heterocycles. The zero-order valence-electron chi connectivity index (χ0n) is 13.6. The third-order valence-corrected chi connectivity index (χ3v) is 6.85. The molecule has 0 atom stereocenters. The molecule has 0 spiro atoms. The zero-order chi connectivity index (χ0) is 19.2. The molecule has 0 unspecified atom stereocenters. The summed E-state index contributed by atoms with van der Waals surface area (Å²) in [4.78, 5) is 27.3. The molecule has 7 nitrogen and oxygen atoms in total. The molecule has 0 aliphatic rings. The Kier molecular flexibility index (Phi) is 4.72. The van der Waals surface area contributed by atoms with Crippen LogP contribution < -0.4 is 15.8 Å². The number of anilines is 1. The molecule has 0 aliphatic heterocycles. The van der Waals surface area contributed by atoms with Crippen molar-refractivity contribution in [3.05, 3.63) is 65.6 Å². The van der Waals surface area contributed by atoms with E-state index in [2.05, 4.69) is 30.6 Å². The number of benzene rings is 2. The third kappa shape index (κ3) is 3.42. The summed E-state index contributed by atoms with van der Waals surface area (Å²) in [5, 5.41) is -0.0849. The standard InChI is InChI=1S/C16H13BrClN3O4S/c1-7-3-9(4-8(2)14(7)17)21-26(24,25)13-6-12-11(5-10(13)18)19-15(22)16(23)20-12/h3-6,21H,1-2H3,(H,19,22)(H,20,23). The van der Waals surface area contributed by atoms with Crippen LogP contribution in [-0.2, 0) is 10.0 Å². The van der Waals surface area contributed by atoms with E-state index in [0.717, 1.165) is 15.6 Å². The highest BCUT2D eigenvalue weighted by atomic mass is 79.9. The molecule has 26 heavy (non-hydrogen) atoms. The molecule has 3 aromatic rings. The van der Waals surface area contributed by atoms with Gasteiger partial charge in [-0.2, -0.15) is 0 Å². The average molecular weight is 459 g/mol. The number of rotatable bonds is 3. The van der Waals surface area contributed by atoms with E-state index in [0.29, 0.717) is 5.69 Å². The maximum absolute atomic E-state index is 12.8. The summed E-state index contributed by atoms with van der Waals surface area (Å²) in [5.74, 6) is 0. The van der Waals surface area contributed by atoms with Gasteiger partial charge in [0.2, 0.25) is 0 Å². The van der Waals surface area contributed by atoms with Gasteiger partial charge in [0.25, 0.3) is 10.0 Å². The minimum absolute atomic E-state index is 0.0849. The Labute approximate surface area is 161 Å². The van der Waals surface area contributed by atoms with Gasteiger partial charge in [0.05, 0.1) is 16.1 Å². The number of fused-ring (bicyclic) bond motifs is 1. The summed E-state index contributed by atoms with van der Waals surface area (Å²) in [6, 6.07) is 5.85. The Hall–Kier alpha value is -2.10. The van der Waals surface area contributed by atoms with Gasteiger partial charge in [-0.25, -0.2) is 8.42 Å². The molecule has 0 aliphatic carbocycles. The van der Waals surface area contributed by atoms with Gasteiger partial charge in [0, 0.05) is 10.2 Å². The van der Waals surface area contributed by atoms with Gasteiger partial charge in [-0.05, 0) is 49.2 Å². The second-order valence-electron chi connectivity index (χ2n) is 5.77. The lowest BCUT2D eigenvalue weighted by Gasteiger charge is -2.13. The smallest absolute Gasteiger partial charge is 0.314 e. The van der Waals surface area contributed by atoms with Crippen LogP contribution in [0.15, 0.2) is 43.2 Å². The highest BCUT2D eigenvalue weighted by Gasteiger charge is 2.20. The highest BCUT2D eigenvalue weighted by molar-refractivity contribution is 9.10. The molecular formula is C16H13BrClN3O4S. The Morgan fingerprint density at radius 3 is 2.00 bits per heavy atom. The molecule has 0 saturated heterocycles. The lowest BCUT2D eigenvalue weighted by molar-refractivity contribution is 0.601. The quantitative estimate of drug-likeness (QED) is 0.524. The van der Waals surface area contributed by atoms with Crippen molar-refractivity contribution in [1.82, 2.24) is 9.97 Å². The van der Waals surface area contributed by atoms with Crippen LogP contribution in [0.3, 0.4) is 0 Å². The second kappa shape index (κ2) is 6.57. The number of hydrogen-bond acceptors (Lipinski definition) is 4. The lowest BCUT2D eigenvalue weighted by Crippen LogP contribution is -2.29. The van der Waals surface area contributed by atoms with Gasteiger partial charge >= 0.3 is 11.1 Å². The number of halogens is 2. The Bertz CT molecular complexity index is 1240. The van der Waals surface area contributed by atoms with Crippen LogP contribution in [0, 0.1) is 13.8 Å². The number of H-pyrrole nitrogens is 2. The van der Waals surface area contributed by atoms with E-state index in [1.54, 1.807) is 12.1 Å². The van der Waals surface area contributed by atoms with Crippen molar-refractivity contribution < 1.29 is 8.42 Å². The molecule has 136 valence electrons. The van der Waals surface area contributed by atoms with Crippen molar-refractivity contribution in [2.75, 3.05) is 4.72 Å². The summed E-state index contributed by atoms with van der Waals surface area (Å²) < 4.78 is 28.9. The molecule has 0 fully saturated rings. The summed E-state index contributed by atoms with van der Waals surface area (Å²) in [6.45, 7) is 3.69. The van der Waals surface area contributed by atoms with Crippen LogP contribution in [-0.4, -0.2) is 18.4 Å². The van der Waals surface area contributed by atoms with Crippen LogP contribution >= 0.6 is 27.5 Å². The van der Waals surface area contributed by atoms with E-state index in [1.165, 1.54) is 12.1 Å². The van der Waals surface area contributed by atoms with Crippen molar-refractivity contribution in [3.63, 3.8) is 0 Å². The summed E-state index contributed by atoms with van der Waals surface area (Å²) >= 11 is 9.52. The van der Waals surface area contributed by atoms with Crippen LogP contribution in [0.2, 0.25) is 5.02 Å². The van der Waals surface area contributed by atoms with Gasteiger partial charge in [-0.15, -0.1) is 0 Å². The Balaban J connectivity index is 2.12. The first-order valence-electron chi connectivity index (χ1n) is 7.34. The minimum Gasteiger partial charge on any atom is -0.316 e. The molecule has 10 heteroatoms. The van der Waals surface area contributed by atoms with E-state index in [9.17, 15) is 18.0 Å². The first kappa shape index (κ1) is 18.7. The molecule has 1 heterocycles. The summed E-state index contributed by atoms with van der Waals surface area (Å²) in [5.41, 5.74) is 0.785. The van der Waals surface area contributed by atoms with Crippen molar-refractivity contribution in [2.24, 2.45) is 0 Å². The van der Waals surface area contributed by atoms with Crippen LogP contribution in [0.1, 0.15) is 11.1 Å². The third-order valence-electron chi connectivity index (χ3n) is 3.75. The number of hydrogen-bond donors (Lipinski definition) is 3. The van der Waals surface area contributed by atoms with E-state index < -0.39 is 21.1 Å². The number of aromatic nitrogens is 2. The molecule has 3 N–H and O–H groups in total. The number of aromatic amines is 2. The first-order valence-corrected chi connectivity index (χ1v) is 9.99.